The van der Waals surface area contributed by atoms with Crippen molar-refractivity contribution < 1.29 is 18.7 Å². The molecule has 0 fully saturated rings. The van der Waals surface area contributed by atoms with Gasteiger partial charge in [-0.3, -0.25) is 9.48 Å². The summed E-state index contributed by atoms with van der Waals surface area (Å²) in [5.74, 6) is 1.79. The summed E-state index contributed by atoms with van der Waals surface area (Å²) in [4.78, 5) is 12.3. The highest BCUT2D eigenvalue weighted by Crippen LogP contribution is 2.26. The molecule has 8 heteroatoms. The molecule has 1 N–H and O–H groups in total. The lowest BCUT2D eigenvalue weighted by Crippen LogP contribution is -2.25. The number of aromatic nitrogens is 2. The summed E-state index contributed by atoms with van der Waals surface area (Å²) >= 11 is 6.14. The highest BCUT2D eigenvalue weighted by Gasteiger charge is 2.13. The first-order valence-corrected chi connectivity index (χ1v) is 9.69. The van der Waals surface area contributed by atoms with Gasteiger partial charge in [-0.05, 0) is 44.5 Å². The van der Waals surface area contributed by atoms with Crippen molar-refractivity contribution in [3.63, 3.8) is 0 Å². The number of hydrogen-bond donors (Lipinski definition) is 1. The van der Waals surface area contributed by atoms with Gasteiger partial charge in [-0.15, -0.1) is 0 Å². The fourth-order valence-electron chi connectivity index (χ4n) is 2.88. The van der Waals surface area contributed by atoms with Crippen LogP contribution in [0.5, 0.6) is 11.5 Å². The average molecular weight is 418 g/mol. The Hall–Kier alpha value is -2.93. The zero-order valence-electron chi connectivity index (χ0n) is 16.7. The van der Waals surface area contributed by atoms with Crippen molar-refractivity contribution in [1.82, 2.24) is 15.1 Å². The molecule has 1 aromatic carbocycles. The van der Waals surface area contributed by atoms with Crippen molar-refractivity contribution in [3.8, 4) is 11.5 Å². The van der Waals surface area contributed by atoms with E-state index >= 15 is 0 Å². The van der Waals surface area contributed by atoms with Crippen LogP contribution in [0.2, 0.25) is 5.02 Å². The molecule has 0 aliphatic heterocycles. The van der Waals surface area contributed by atoms with Crippen LogP contribution >= 0.6 is 11.6 Å². The number of rotatable bonds is 9. The Morgan fingerprint density at radius 3 is 2.66 bits per heavy atom. The molecule has 0 radical (unpaired) electrons. The van der Waals surface area contributed by atoms with Gasteiger partial charge >= 0.3 is 0 Å². The number of furan rings is 1. The van der Waals surface area contributed by atoms with Crippen LogP contribution in [0.1, 0.15) is 34.1 Å². The lowest BCUT2D eigenvalue weighted by Gasteiger charge is -2.08. The zero-order valence-corrected chi connectivity index (χ0v) is 17.5. The molecule has 0 saturated carbocycles. The van der Waals surface area contributed by atoms with E-state index in [1.54, 1.807) is 19.2 Å². The zero-order chi connectivity index (χ0) is 20.8. The number of nitrogens with zero attached hydrogens (tertiary/aromatic N) is 2. The van der Waals surface area contributed by atoms with Crippen LogP contribution in [-0.2, 0) is 13.2 Å². The molecule has 0 bridgehead atoms. The molecular formula is C21H24ClN3O4. The molecular weight excluding hydrogens is 394 g/mol. The highest BCUT2D eigenvalue weighted by molar-refractivity contribution is 6.31. The lowest BCUT2D eigenvalue weighted by molar-refractivity contribution is 0.0920. The summed E-state index contributed by atoms with van der Waals surface area (Å²) in [5, 5.41) is 7.91. The van der Waals surface area contributed by atoms with Gasteiger partial charge < -0.3 is 19.2 Å². The molecule has 3 rings (SSSR count). The topological polar surface area (TPSA) is 78.5 Å². The van der Waals surface area contributed by atoms with E-state index in [0.29, 0.717) is 35.4 Å². The summed E-state index contributed by atoms with van der Waals surface area (Å²) in [6.07, 6.45) is 0.731. The first kappa shape index (κ1) is 20.8. The lowest BCUT2D eigenvalue weighted by atomic mass is 10.3. The number of ether oxygens (including phenoxy) is 2. The third-order valence-corrected chi connectivity index (χ3v) is 5.00. The van der Waals surface area contributed by atoms with Crippen LogP contribution in [0.15, 0.2) is 40.8 Å². The van der Waals surface area contributed by atoms with Crippen molar-refractivity contribution in [1.29, 1.82) is 0 Å². The largest absolute Gasteiger partial charge is 0.493 e. The fraction of sp³-hybridized carbons (Fsp3) is 0.333. The molecule has 2 aromatic heterocycles. The number of amides is 1. The number of halogens is 1. The second kappa shape index (κ2) is 9.52. The molecule has 2 heterocycles. The SMILES string of the molecule is COc1ccccc1OCc1ccc(C(=O)NCCCn2nc(C)c(Cl)c2C)o1. The van der Waals surface area contributed by atoms with Crippen molar-refractivity contribution >= 4 is 17.5 Å². The van der Waals surface area contributed by atoms with Gasteiger partial charge in [0.05, 0.1) is 23.5 Å². The third kappa shape index (κ3) is 5.12. The van der Waals surface area contributed by atoms with Crippen molar-refractivity contribution in [2.45, 2.75) is 33.4 Å². The van der Waals surface area contributed by atoms with E-state index < -0.39 is 0 Å². The number of hydrogen-bond acceptors (Lipinski definition) is 5. The minimum Gasteiger partial charge on any atom is -0.493 e. The molecule has 0 atom stereocenters. The van der Waals surface area contributed by atoms with E-state index in [2.05, 4.69) is 10.4 Å². The van der Waals surface area contributed by atoms with E-state index in [1.165, 1.54) is 0 Å². The van der Waals surface area contributed by atoms with Crippen molar-refractivity contribution in [2.75, 3.05) is 13.7 Å². The predicted octanol–water partition coefficient (Wildman–Crippen LogP) is 4.15. The van der Waals surface area contributed by atoms with Gasteiger partial charge in [-0.2, -0.15) is 5.10 Å². The van der Waals surface area contributed by atoms with Crippen LogP contribution in [0, 0.1) is 13.8 Å². The van der Waals surface area contributed by atoms with Gasteiger partial charge in [0.25, 0.3) is 5.91 Å². The molecule has 29 heavy (non-hydrogen) atoms. The molecule has 3 aromatic rings. The fourth-order valence-corrected chi connectivity index (χ4v) is 3.01. The molecule has 0 saturated heterocycles. The molecule has 154 valence electrons. The van der Waals surface area contributed by atoms with E-state index in [0.717, 1.165) is 17.8 Å². The summed E-state index contributed by atoms with van der Waals surface area (Å²) in [5.41, 5.74) is 1.74. The Morgan fingerprint density at radius 2 is 1.97 bits per heavy atom. The summed E-state index contributed by atoms with van der Waals surface area (Å²) in [6, 6.07) is 10.7. The van der Waals surface area contributed by atoms with Gasteiger partial charge in [0.2, 0.25) is 0 Å². The Labute approximate surface area is 174 Å². The van der Waals surface area contributed by atoms with Gasteiger partial charge in [0.15, 0.2) is 17.3 Å². The number of nitrogens with one attached hydrogen (secondary N) is 1. The van der Waals surface area contributed by atoms with Crippen molar-refractivity contribution in [2.24, 2.45) is 0 Å². The number of carbonyl (C=O) groups excluding carboxylic acids is 1. The molecule has 7 nitrogen and oxygen atoms in total. The van der Waals surface area contributed by atoms with Crippen LogP contribution in [-0.4, -0.2) is 29.3 Å². The van der Waals surface area contributed by atoms with Crippen LogP contribution < -0.4 is 14.8 Å². The first-order valence-electron chi connectivity index (χ1n) is 9.32. The monoisotopic (exact) mass is 417 g/mol. The van der Waals surface area contributed by atoms with Crippen molar-refractivity contribution in [3.05, 3.63) is 64.3 Å². The number of benzene rings is 1. The van der Waals surface area contributed by atoms with Gasteiger partial charge in [-0.1, -0.05) is 23.7 Å². The van der Waals surface area contributed by atoms with E-state index in [-0.39, 0.29) is 18.3 Å². The van der Waals surface area contributed by atoms with E-state index in [1.807, 2.05) is 42.8 Å². The quantitative estimate of drug-likeness (QED) is 0.529. The Bertz CT molecular complexity index is 980. The molecule has 1 amide bonds. The third-order valence-electron chi connectivity index (χ3n) is 4.45. The minimum atomic E-state index is -0.264. The number of methoxy groups -OCH3 is 1. The second-order valence-electron chi connectivity index (χ2n) is 6.52. The maximum absolute atomic E-state index is 12.3. The molecule has 0 aliphatic carbocycles. The highest BCUT2D eigenvalue weighted by atomic mass is 35.5. The maximum atomic E-state index is 12.3. The summed E-state index contributed by atoms with van der Waals surface area (Å²) in [7, 11) is 1.58. The number of aryl methyl sites for hydroxylation is 2. The predicted molar refractivity (Wildman–Crippen MR) is 110 cm³/mol. The maximum Gasteiger partial charge on any atom is 0.286 e. The minimum absolute atomic E-state index is 0.201. The summed E-state index contributed by atoms with van der Waals surface area (Å²) < 4.78 is 18.4. The Morgan fingerprint density at radius 1 is 1.21 bits per heavy atom. The average Bonchev–Trinajstić information content (AvgIpc) is 3.30. The van der Waals surface area contributed by atoms with E-state index in [4.69, 9.17) is 25.5 Å². The van der Waals surface area contributed by atoms with E-state index in [9.17, 15) is 4.79 Å². The van der Waals surface area contributed by atoms with Gasteiger partial charge in [0.1, 0.15) is 12.4 Å². The number of para-hydroxylation sites is 2. The second-order valence-corrected chi connectivity index (χ2v) is 6.90. The molecule has 0 unspecified atom stereocenters. The van der Waals surface area contributed by atoms with Crippen LogP contribution in [0.3, 0.4) is 0 Å². The molecule has 0 aliphatic rings. The number of carbonyl (C=O) groups is 1. The Balaban J connectivity index is 1.46. The van der Waals surface area contributed by atoms with Crippen LogP contribution in [0.4, 0.5) is 0 Å². The normalized spacial score (nSPS) is 10.8. The van der Waals surface area contributed by atoms with Crippen LogP contribution in [0.25, 0.3) is 0 Å². The first-order chi connectivity index (χ1) is 14.0. The smallest absolute Gasteiger partial charge is 0.286 e. The van der Waals surface area contributed by atoms with Gasteiger partial charge in [0, 0.05) is 13.1 Å². The summed E-state index contributed by atoms with van der Waals surface area (Å²) in [6.45, 7) is 5.18. The molecule has 0 spiro atoms. The van der Waals surface area contributed by atoms with Gasteiger partial charge in [-0.25, -0.2) is 0 Å². The Kier molecular flexibility index (Phi) is 6.82. The standard InChI is InChI=1S/C21H24ClN3O4/c1-14-20(22)15(2)25(24-14)12-6-11-23-21(26)19-10-9-16(29-19)13-28-18-8-5-4-7-17(18)27-3/h4-5,7-10H,6,11-13H2,1-3H3,(H,23,26).